The van der Waals surface area contributed by atoms with Gasteiger partial charge in [0.15, 0.2) is 0 Å². The van der Waals surface area contributed by atoms with Gasteiger partial charge in [-0.15, -0.1) is 0 Å². The number of aromatic nitrogens is 2. The van der Waals surface area contributed by atoms with Crippen molar-refractivity contribution in [1.82, 2.24) is 10.1 Å². The van der Waals surface area contributed by atoms with E-state index in [9.17, 15) is 0 Å². The molecule has 0 radical (unpaired) electrons. The molecule has 0 bridgehead atoms. The summed E-state index contributed by atoms with van der Waals surface area (Å²) in [6.45, 7) is 0. The highest BCUT2D eigenvalue weighted by molar-refractivity contribution is 5.73. The molecule has 3 aromatic rings. The van der Waals surface area contributed by atoms with Crippen LogP contribution in [0.3, 0.4) is 0 Å². The average molecular weight is 333 g/mol. The second-order valence-corrected chi connectivity index (χ2v) is 6.09. The lowest BCUT2D eigenvalue weighted by atomic mass is 10.00. The van der Waals surface area contributed by atoms with Crippen LogP contribution in [0.5, 0.6) is 5.75 Å². The molecular weight excluding hydrogens is 314 g/mol. The van der Waals surface area contributed by atoms with Gasteiger partial charge in [-0.1, -0.05) is 35.5 Å². The Morgan fingerprint density at radius 2 is 1.96 bits per heavy atom. The molecule has 126 valence electrons. The van der Waals surface area contributed by atoms with Crippen molar-refractivity contribution >= 4 is 5.57 Å². The Morgan fingerprint density at radius 1 is 1.16 bits per heavy atom. The molecule has 1 aliphatic rings. The third-order valence-electron chi connectivity index (χ3n) is 4.48. The number of hydrogen-bond donors (Lipinski definition) is 1. The van der Waals surface area contributed by atoms with Gasteiger partial charge >= 0.3 is 0 Å². The minimum atomic E-state index is -0.322. The van der Waals surface area contributed by atoms with Crippen LogP contribution in [-0.2, 0) is 6.42 Å². The van der Waals surface area contributed by atoms with Crippen molar-refractivity contribution in [2.45, 2.75) is 18.9 Å². The molecule has 0 saturated carbocycles. The first-order valence-corrected chi connectivity index (χ1v) is 8.25. The molecule has 1 aliphatic carbocycles. The third-order valence-corrected chi connectivity index (χ3v) is 4.48. The summed E-state index contributed by atoms with van der Waals surface area (Å²) in [7, 11) is 1.64. The number of rotatable bonds is 5. The van der Waals surface area contributed by atoms with E-state index < -0.39 is 0 Å². The van der Waals surface area contributed by atoms with Gasteiger partial charge in [-0.3, -0.25) is 0 Å². The van der Waals surface area contributed by atoms with Crippen LogP contribution < -0.4 is 10.5 Å². The van der Waals surface area contributed by atoms with Gasteiger partial charge in [0.05, 0.1) is 13.2 Å². The molecule has 0 aliphatic heterocycles. The predicted octanol–water partition coefficient (Wildman–Crippen LogP) is 3.77. The highest BCUT2D eigenvalue weighted by atomic mass is 16.5. The lowest BCUT2D eigenvalue weighted by Gasteiger charge is -2.09. The zero-order valence-electron chi connectivity index (χ0n) is 14.0. The minimum Gasteiger partial charge on any atom is -0.497 e. The molecule has 5 heteroatoms. The first kappa shape index (κ1) is 15.6. The van der Waals surface area contributed by atoms with Crippen molar-refractivity contribution in [2.24, 2.45) is 5.73 Å². The summed E-state index contributed by atoms with van der Waals surface area (Å²) in [5.41, 5.74) is 11.0. The largest absolute Gasteiger partial charge is 0.497 e. The Labute approximate surface area is 146 Å². The molecular formula is C20H19N3O2. The summed E-state index contributed by atoms with van der Waals surface area (Å²) in [4.78, 5) is 4.46. The molecule has 0 amide bonds. The summed E-state index contributed by atoms with van der Waals surface area (Å²) in [5.74, 6) is 1.78. The molecule has 2 aromatic carbocycles. The number of methoxy groups -OCH3 is 1. The maximum absolute atomic E-state index is 6.31. The molecule has 1 aromatic heterocycles. The van der Waals surface area contributed by atoms with Crippen LogP contribution in [0.1, 0.15) is 29.5 Å². The normalized spacial score (nSPS) is 14.1. The smallest absolute Gasteiger partial charge is 0.244 e. The van der Waals surface area contributed by atoms with E-state index in [1.54, 1.807) is 7.11 Å². The quantitative estimate of drug-likeness (QED) is 0.769. The maximum Gasteiger partial charge on any atom is 0.244 e. The number of ether oxygens (including phenoxy) is 1. The zero-order chi connectivity index (χ0) is 17.2. The van der Waals surface area contributed by atoms with E-state index in [4.69, 9.17) is 15.0 Å². The topological polar surface area (TPSA) is 74.2 Å². The van der Waals surface area contributed by atoms with E-state index in [0.717, 1.165) is 17.7 Å². The van der Waals surface area contributed by atoms with Gasteiger partial charge in [-0.25, -0.2) is 0 Å². The Balaban J connectivity index is 1.50. The van der Waals surface area contributed by atoms with Gasteiger partial charge in [-0.05, 0) is 53.8 Å². The Morgan fingerprint density at radius 3 is 2.76 bits per heavy atom. The summed E-state index contributed by atoms with van der Waals surface area (Å²) in [6.07, 6.45) is 3.87. The van der Waals surface area contributed by atoms with E-state index in [2.05, 4.69) is 40.5 Å². The summed E-state index contributed by atoms with van der Waals surface area (Å²) >= 11 is 0. The molecule has 0 spiro atoms. The Kier molecular flexibility index (Phi) is 4.07. The number of nitrogens with two attached hydrogens (primary N) is 1. The molecule has 0 unspecified atom stereocenters. The lowest BCUT2D eigenvalue weighted by molar-refractivity contribution is 0.356. The van der Waals surface area contributed by atoms with Crippen molar-refractivity contribution in [3.8, 4) is 17.1 Å². The first-order valence-electron chi connectivity index (χ1n) is 8.25. The number of allylic oxidation sites excluding steroid dienone is 1. The second-order valence-electron chi connectivity index (χ2n) is 6.09. The van der Waals surface area contributed by atoms with Gasteiger partial charge in [0, 0.05) is 5.56 Å². The monoisotopic (exact) mass is 333 g/mol. The number of benzene rings is 2. The average Bonchev–Trinajstić information content (AvgIpc) is 3.30. The van der Waals surface area contributed by atoms with Crippen LogP contribution in [0.4, 0.5) is 0 Å². The van der Waals surface area contributed by atoms with E-state index in [0.29, 0.717) is 18.1 Å². The number of hydrogen-bond acceptors (Lipinski definition) is 5. The van der Waals surface area contributed by atoms with Crippen LogP contribution in [0.15, 0.2) is 59.1 Å². The number of nitrogens with zero attached hydrogens (tertiary/aromatic N) is 2. The van der Waals surface area contributed by atoms with Crippen molar-refractivity contribution < 1.29 is 9.26 Å². The lowest BCUT2D eigenvalue weighted by Crippen LogP contribution is -2.11. The van der Waals surface area contributed by atoms with Crippen LogP contribution >= 0.6 is 0 Å². The summed E-state index contributed by atoms with van der Waals surface area (Å²) in [5, 5.41) is 4.06. The standard InChI is InChI=1S/C20H19N3O2/c1-24-16-10-8-14(9-11-16)19-22-20(25-23-19)18(21)12-15-7-6-13-4-2-3-5-17(13)15/h2-5,7-11,18H,6,12,21H2,1H3/t18-/m0/s1. The van der Waals surface area contributed by atoms with Crippen LogP contribution in [0.25, 0.3) is 17.0 Å². The van der Waals surface area contributed by atoms with Gasteiger partial charge in [0.25, 0.3) is 0 Å². The fourth-order valence-electron chi connectivity index (χ4n) is 3.12. The molecule has 0 saturated heterocycles. The molecule has 4 rings (SSSR count). The van der Waals surface area contributed by atoms with E-state index in [1.165, 1.54) is 16.7 Å². The Bertz CT molecular complexity index is 913. The zero-order valence-corrected chi connectivity index (χ0v) is 14.0. The van der Waals surface area contributed by atoms with Crippen LogP contribution in [0.2, 0.25) is 0 Å². The van der Waals surface area contributed by atoms with E-state index >= 15 is 0 Å². The summed E-state index contributed by atoms with van der Waals surface area (Å²) < 4.78 is 10.6. The summed E-state index contributed by atoms with van der Waals surface area (Å²) in [6, 6.07) is 15.6. The minimum absolute atomic E-state index is 0.322. The predicted molar refractivity (Wildman–Crippen MR) is 96.0 cm³/mol. The fraction of sp³-hybridized carbons (Fsp3) is 0.200. The highest BCUT2D eigenvalue weighted by Crippen LogP contribution is 2.33. The van der Waals surface area contributed by atoms with Gasteiger partial charge < -0.3 is 15.0 Å². The molecule has 2 N–H and O–H groups in total. The van der Waals surface area contributed by atoms with E-state index in [-0.39, 0.29) is 6.04 Å². The molecule has 25 heavy (non-hydrogen) atoms. The molecule has 1 heterocycles. The third kappa shape index (κ3) is 3.06. The van der Waals surface area contributed by atoms with Crippen molar-refractivity contribution in [3.63, 3.8) is 0 Å². The SMILES string of the molecule is COc1ccc(-c2noc([C@@H](N)CC3=CCc4ccccc43)n2)cc1. The van der Waals surface area contributed by atoms with Gasteiger partial charge in [0.2, 0.25) is 11.7 Å². The van der Waals surface area contributed by atoms with Crippen LogP contribution in [-0.4, -0.2) is 17.3 Å². The number of fused-ring (bicyclic) bond motifs is 1. The molecule has 5 nitrogen and oxygen atoms in total. The Hall–Kier alpha value is -2.92. The van der Waals surface area contributed by atoms with Gasteiger partial charge in [0.1, 0.15) is 5.75 Å². The second kappa shape index (κ2) is 6.53. The van der Waals surface area contributed by atoms with Crippen molar-refractivity contribution in [2.75, 3.05) is 7.11 Å². The van der Waals surface area contributed by atoms with Gasteiger partial charge in [-0.2, -0.15) is 4.98 Å². The van der Waals surface area contributed by atoms with Crippen molar-refractivity contribution in [1.29, 1.82) is 0 Å². The maximum atomic E-state index is 6.31. The molecule has 0 fully saturated rings. The van der Waals surface area contributed by atoms with Crippen molar-refractivity contribution in [3.05, 3.63) is 71.6 Å². The highest BCUT2D eigenvalue weighted by Gasteiger charge is 2.21. The van der Waals surface area contributed by atoms with E-state index in [1.807, 2.05) is 24.3 Å². The van der Waals surface area contributed by atoms with Crippen LogP contribution in [0, 0.1) is 0 Å². The molecule has 1 atom stereocenters. The first-order chi connectivity index (χ1) is 12.2. The fourth-order valence-corrected chi connectivity index (χ4v) is 3.12.